The molecule has 414 valence electrons. The molecule has 1 saturated heterocycles. The van der Waals surface area contributed by atoms with E-state index in [1.165, 1.54) is 38.2 Å². The molecule has 0 atom stereocenters. The van der Waals surface area contributed by atoms with Gasteiger partial charge in [0.15, 0.2) is 0 Å². The number of hydrogen-bond donors (Lipinski definition) is 4. The molecule has 0 bridgehead atoms. The number of hydrogen-bond acceptors (Lipinski definition) is 10. The highest BCUT2D eigenvalue weighted by atomic mass is 19.4. The molecule has 15 nitrogen and oxygen atoms in total. The minimum atomic E-state index is -4.82. The van der Waals surface area contributed by atoms with Gasteiger partial charge in [-0.15, -0.1) is 0 Å². The minimum absolute atomic E-state index is 0.0367. The summed E-state index contributed by atoms with van der Waals surface area (Å²) in [6.07, 6.45) is 11.1. The average molecular weight is 1080 g/mol. The van der Waals surface area contributed by atoms with Crippen LogP contribution in [0, 0.1) is 0 Å². The lowest BCUT2D eigenvalue weighted by molar-refractivity contribution is -0.138. The van der Waals surface area contributed by atoms with E-state index in [1.54, 1.807) is 18.2 Å². The molecule has 0 aliphatic carbocycles. The lowest BCUT2D eigenvalue weighted by Crippen LogP contribution is -2.43. The number of fused-ring (bicyclic) bond motifs is 5. The van der Waals surface area contributed by atoms with Crippen LogP contribution in [0.2, 0.25) is 0 Å². The number of alkyl halides is 3. The standard InChI is InChI=1S/C61H67F3N8O7/c62-61(63,64)53-50(33-67-68-59(53)75)72-34-40-15-17-43(29-41(40)35-72)78-42-19-27-69(28-20-42)36-51(73)65-21-5-1-2-6-22-66-58(74)39-16-18-44(60(76)77)47(32-39)52-48-30-37-11-3-7-23-70-25-9-13-45(54(37)70)56(48)79-57-46-14-10-26-71-24-8-4-12-38(55(46)71)31-49(52)57/h15-18,29-33,42H,1-14,19-28,34-36H2,(H3-,65,66,68,73,74,75,76,77)/p+1. The zero-order valence-electron chi connectivity index (χ0n) is 44.6. The number of carboxylic acid groups (broad SMARTS) is 1. The van der Waals surface area contributed by atoms with Crippen LogP contribution in [-0.4, -0.2) is 103 Å². The summed E-state index contributed by atoms with van der Waals surface area (Å²) in [5.41, 5.74) is 8.11. The summed E-state index contributed by atoms with van der Waals surface area (Å²) in [7, 11) is 0. The SMILES string of the molecule is O=C(CN1CCC(Oc2ccc3c(c2)CN(c2cn[nH]c(=O)c2C(F)(F)F)C3)CC1)NCCCCCCNC(=O)c1ccc(C(=O)O)c(C2=c3cc4c5c(c3Oc3c2cc2c6c3CCCN6CCCC2)CCC[N+]=5CCCC4)c1. The number of likely N-dealkylation sites (tertiary alicyclic amines) is 1. The molecule has 4 aromatic carbocycles. The van der Waals surface area contributed by atoms with Crippen LogP contribution in [-0.2, 0) is 49.7 Å². The molecule has 7 aliphatic rings. The topological polar surface area (TPSA) is 172 Å². The van der Waals surface area contributed by atoms with Gasteiger partial charge in [0.1, 0.15) is 42.0 Å². The molecule has 5 aromatic rings. The van der Waals surface area contributed by atoms with Gasteiger partial charge in [0.2, 0.25) is 11.3 Å². The van der Waals surface area contributed by atoms with Gasteiger partial charge in [0.05, 0.1) is 29.6 Å². The Morgan fingerprint density at radius 3 is 2.34 bits per heavy atom. The zero-order valence-corrected chi connectivity index (χ0v) is 44.6. The van der Waals surface area contributed by atoms with Crippen LogP contribution >= 0.6 is 0 Å². The molecule has 79 heavy (non-hydrogen) atoms. The number of nitrogens with one attached hydrogen (secondary N) is 3. The van der Waals surface area contributed by atoms with Crippen LogP contribution in [0.1, 0.15) is 148 Å². The number of aromatic nitrogens is 2. The number of benzene rings is 4. The number of carboxylic acids is 1. The van der Waals surface area contributed by atoms with E-state index in [2.05, 4.69) is 42.2 Å². The number of carbonyl (C=O) groups is 3. The first-order valence-corrected chi connectivity index (χ1v) is 28.6. The molecule has 1 aromatic heterocycles. The van der Waals surface area contributed by atoms with Gasteiger partial charge < -0.3 is 35.0 Å². The molecule has 0 saturated carbocycles. The quantitative estimate of drug-likeness (QED) is 0.0607. The van der Waals surface area contributed by atoms with Crippen LogP contribution in [0.4, 0.5) is 24.5 Å². The summed E-state index contributed by atoms with van der Waals surface area (Å²) in [4.78, 5) is 58.4. The second kappa shape index (κ2) is 22.1. The molecule has 4 N–H and O–H groups in total. The number of piperidine rings is 1. The second-order valence-electron chi connectivity index (χ2n) is 22.5. The first kappa shape index (κ1) is 52.5. The van der Waals surface area contributed by atoms with Gasteiger partial charge in [-0.25, -0.2) is 14.5 Å². The van der Waals surface area contributed by atoms with Gasteiger partial charge in [-0.2, -0.15) is 18.3 Å². The van der Waals surface area contributed by atoms with Crippen molar-refractivity contribution in [2.24, 2.45) is 0 Å². The average Bonchev–Trinajstić information content (AvgIpc) is 3.73. The summed E-state index contributed by atoms with van der Waals surface area (Å²) in [5.74, 6) is 0.995. The van der Waals surface area contributed by atoms with Crippen molar-refractivity contribution in [1.82, 2.24) is 30.3 Å². The number of H-pyrrole nitrogens is 1. The Morgan fingerprint density at radius 2 is 1.52 bits per heavy atom. The number of aromatic amines is 1. The zero-order chi connectivity index (χ0) is 54.4. The van der Waals surface area contributed by atoms with Crippen molar-refractivity contribution in [3.05, 3.63) is 137 Å². The van der Waals surface area contributed by atoms with Crippen molar-refractivity contribution in [3.8, 4) is 17.2 Å². The number of unbranched alkanes of at least 4 members (excludes halogenated alkanes) is 3. The summed E-state index contributed by atoms with van der Waals surface area (Å²) in [5, 5.41) is 24.7. The molecule has 8 heterocycles. The molecule has 18 heteroatoms. The van der Waals surface area contributed by atoms with Gasteiger partial charge in [0, 0.05) is 104 Å². The highest BCUT2D eigenvalue weighted by molar-refractivity contribution is 6.02. The van der Waals surface area contributed by atoms with E-state index in [1.807, 2.05) is 23.3 Å². The first-order valence-electron chi connectivity index (χ1n) is 28.6. The first-order chi connectivity index (χ1) is 38.4. The van der Waals surface area contributed by atoms with Gasteiger partial charge in [-0.3, -0.25) is 19.3 Å². The summed E-state index contributed by atoms with van der Waals surface area (Å²) in [6, 6.07) is 15.1. The fraction of sp³-hybridized carbons (Fsp3) is 0.475. The number of amides is 2. The van der Waals surface area contributed by atoms with E-state index >= 15 is 0 Å². The Kier molecular flexibility index (Phi) is 14.7. The van der Waals surface area contributed by atoms with Crippen LogP contribution < -0.4 is 50.6 Å². The highest BCUT2D eigenvalue weighted by Gasteiger charge is 2.40. The predicted octanol–water partition coefficient (Wildman–Crippen LogP) is 7.17. The lowest BCUT2D eigenvalue weighted by atomic mass is 9.82. The van der Waals surface area contributed by atoms with Crippen molar-refractivity contribution >= 4 is 34.7 Å². The van der Waals surface area contributed by atoms with E-state index in [4.69, 9.17) is 9.47 Å². The highest BCUT2D eigenvalue weighted by Crippen LogP contribution is 2.49. The summed E-state index contributed by atoms with van der Waals surface area (Å²) < 4.78 is 57.4. The van der Waals surface area contributed by atoms with E-state index in [-0.39, 0.29) is 48.8 Å². The molecule has 1 fully saturated rings. The third-order valence-electron chi connectivity index (χ3n) is 17.2. The van der Waals surface area contributed by atoms with E-state index in [0.29, 0.717) is 43.1 Å². The van der Waals surface area contributed by atoms with Gasteiger partial charge >= 0.3 is 12.1 Å². The van der Waals surface area contributed by atoms with Crippen molar-refractivity contribution in [1.29, 1.82) is 0 Å². The Labute approximate surface area is 456 Å². The molecule has 0 unspecified atom stereocenters. The molecular formula is C61H68F3N8O7+. The Bertz CT molecular complexity index is 3440. The summed E-state index contributed by atoms with van der Waals surface area (Å²) >= 11 is 0. The van der Waals surface area contributed by atoms with E-state index in [0.717, 1.165) is 174 Å². The third kappa shape index (κ3) is 10.6. The number of anilines is 2. The Balaban J connectivity index is 0.641. The van der Waals surface area contributed by atoms with Crippen molar-refractivity contribution in [2.45, 2.75) is 128 Å². The van der Waals surface area contributed by atoms with Crippen LogP contribution in [0.15, 0.2) is 59.5 Å². The van der Waals surface area contributed by atoms with Crippen molar-refractivity contribution < 1.29 is 42.1 Å². The molecule has 12 rings (SSSR count). The van der Waals surface area contributed by atoms with Crippen molar-refractivity contribution in [2.75, 3.05) is 68.7 Å². The van der Waals surface area contributed by atoms with Crippen LogP contribution in [0.3, 0.4) is 0 Å². The number of nitrogens with zero attached hydrogens (tertiary/aromatic N) is 5. The maximum atomic E-state index is 14.0. The van der Waals surface area contributed by atoms with Crippen molar-refractivity contribution in [3.63, 3.8) is 0 Å². The largest absolute Gasteiger partial charge is 0.490 e. The fourth-order valence-electron chi connectivity index (χ4n) is 13.5. The monoisotopic (exact) mass is 1080 g/mol. The smallest absolute Gasteiger partial charge is 0.423 e. The Hall–Kier alpha value is -7.21. The Morgan fingerprint density at radius 1 is 0.759 bits per heavy atom. The van der Waals surface area contributed by atoms with E-state index < -0.39 is 23.3 Å². The fourth-order valence-corrected chi connectivity index (χ4v) is 13.5. The maximum Gasteiger partial charge on any atom is 0.423 e. The minimum Gasteiger partial charge on any atom is -0.490 e. The van der Waals surface area contributed by atoms with Gasteiger partial charge in [-0.05, 0) is 142 Å². The van der Waals surface area contributed by atoms with Gasteiger partial charge in [-0.1, -0.05) is 18.9 Å². The number of aryl methyl sites for hydroxylation is 2. The number of carbonyl (C=O) groups excluding carboxylic acids is 2. The molecule has 7 aliphatic heterocycles. The summed E-state index contributed by atoms with van der Waals surface area (Å²) in [6.45, 7) is 7.16. The number of halogens is 3. The second-order valence-corrected chi connectivity index (χ2v) is 22.5. The molecular weight excluding hydrogens is 1010 g/mol. The molecule has 0 spiro atoms. The van der Waals surface area contributed by atoms with Crippen LogP contribution in [0.5, 0.6) is 17.2 Å². The number of rotatable bonds is 15. The molecule has 2 amide bonds. The maximum absolute atomic E-state index is 14.0. The van der Waals surface area contributed by atoms with Gasteiger partial charge in [0.25, 0.3) is 11.5 Å². The predicted molar refractivity (Wildman–Crippen MR) is 293 cm³/mol. The van der Waals surface area contributed by atoms with E-state index in [9.17, 15) is 37.5 Å². The number of aromatic carboxylic acids is 1. The van der Waals surface area contributed by atoms with Crippen LogP contribution in [0.25, 0.3) is 5.57 Å². The molecule has 0 radical (unpaired) electrons. The number of ether oxygens (including phenoxy) is 2. The third-order valence-corrected chi connectivity index (χ3v) is 17.2. The normalized spacial score (nSPS) is 17.8. The lowest BCUT2D eigenvalue weighted by Gasteiger charge is -2.35.